The van der Waals surface area contributed by atoms with E-state index in [0.29, 0.717) is 19.5 Å². The molecule has 1 aromatic rings. The lowest BCUT2D eigenvalue weighted by Crippen LogP contribution is -2.45. The van der Waals surface area contributed by atoms with Crippen LogP contribution in [-0.2, 0) is 21.1 Å². The fraction of sp³-hybridized carbons (Fsp3) is 0.562. The highest BCUT2D eigenvalue weighted by Gasteiger charge is 2.21. The summed E-state index contributed by atoms with van der Waals surface area (Å²) in [5.74, 6) is -0.670. The monoisotopic (exact) mass is 344 g/mol. The molecule has 1 aromatic carbocycles. The van der Waals surface area contributed by atoms with Gasteiger partial charge in [0.15, 0.2) is 0 Å². The van der Waals surface area contributed by atoms with E-state index in [0.717, 1.165) is 18.2 Å². The summed E-state index contributed by atoms with van der Waals surface area (Å²) in [6.45, 7) is 2.92. The summed E-state index contributed by atoms with van der Waals surface area (Å²) in [4.78, 5) is 14.0. The quantitative estimate of drug-likeness (QED) is 0.734. The maximum Gasteiger partial charge on any atom is 0.239 e. The molecular weight excluding hydrogens is 319 g/mol. The summed E-state index contributed by atoms with van der Waals surface area (Å²) in [7, 11) is -3.14. The molecule has 23 heavy (non-hydrogen) atoms. The highest BCUT2D eigenvalue weighted by Crippen LogP contribution is 2.07. The van der Waals surface area contributed by atoms with Gasteiger partial charge < -0.3 is 10.6 Å². The average molecular weight is 344 g/mol. The molecule has 0 saturated heterocycles. The van der Waals surface area contributed by atoms with E-state index in [1.807, 2.05) is 6.92 Å². The molecule has 2 N–H and O–H groups in total. The summed E-state index contributed by atoms with van der Waals surface area (Å²) in [6, 6.07) is 5.43. The fourth-order valence-corrected chi connectivity index (χ4v) is 2.94. The lowest BCUT2D eigenvalue weighted by molar-refractivity contribution is -0.132. The van der Waals surface area contributed by atoms with Gasteiger partial charge >= 0.3 is 0 Å². The zero-order valence-electron chi connectivity index (χ0n) is 13.7. The maximum atomic E-state index is 13.2. The summed E-state index contributed by atoms with van der Waals surface area (Å²) >= 11 is 0. The molecule has 130 valence electrons. The molecule has 7 heteroatoms. The standard InChI is InChI=1S/C16H25FN2O3S/c1-3-9-19(10-7-13-5-4-6-14(17)12-13)16(20)15(18)8-11-23(2,21)22/h4-6,12,15H,3,7-11,18H2,1-2H3. The van der Waals surface area contributed by atoms with Gasteiger partial charge in [-0.2, -0.15) is 0 Å². The third-order valence-corrected chi connectivity index (χ3v) is 4.46. The number of rotatable bonds is 9. The summed E-state index contributed by atoms with van der Waals surface area (Å²) < 4.78 is 35.5. The molecule has 5 nitrogen and oxygen atoms in total. The molecule has 0 spiro atoms. The zero-order valence-corrected chi connectivity index (χ0v) is 14.5. The average Bonchev–Trinajstić information content (AvgIpc) is 2.47. The van der Waals surface area contributed by atoms with Crippen LogP contribution in [0.3, 0.4) is 0 Å². The van der Waals surface area contributed by atoms with Crippen molar-refractivity contribution in [2.24, 2.45) is 5.73 Å². The van der Waals surface area contributed by atoms with E-state index in [-0.39, 0.29) is 23.9 Å². The fourth-order valence-electron chi connectivity index (χ4n) is 2.26. The first-order valence-electron chi connectivity index (χ1n) is 7.69. The van der Waals surface area contributed by atoms with E-state index in [4.69, 9.17) is 5.73 Å². The number of nitrogens with zero attached hydrogens (tertiary/aromatic N) is 1. The van der Waals surface area contributed by atoms with Crippen LogP contribution in [-0.4, -0.2) is 50.4 Å². The SMILES string of the molecule is CCCN(CCc1cccc(F)c1)C(=O)C(N)CCS(C)(=O)=O. The molecule has 0 heterocycles. The maximum absolute atomic E-state index is 13.2. The lowest BCUT2D eigenvalue weighted by Gasteiger charge is -2.25. The Morgan fingerprint density at radius 3 is 2.61 bits per heavy atom. The third-order valence-electron chi connectivity index (χ3n) is 3.48. The van der Waals surface area contributed by atoms with E-state index in [1.54, 1.807) is 17.0 Å². The van der Waals surface area contributed by atoms with Gasteiger partial charge in [0, 0.05) is 19.3 Å². The van der Waals surface area contributed by atoms with Gasteiger partial charge in [0.1, 0.15) is 15.7 Å². The second kappa shape index (κ2) is 8.98. The van der Waals surface area contributed by atoms with E-state index in [9.17, 15) is 17.6 Å². The Morgan fingerprint density at radius 2 is 2.04 bits per heavy atom. The van der Waals surface area contributed by atoms with Crippen LogP contribution in [0.15, 0.2) is 24.3 Å². The van der Waals surface area contributed by atoms with E-state index < -0.39 is 15.9 Å². The van der Waals surface area contributed by atoms with Gasteiger partial charge in [-0.3, -0.25) is 4.79 Å². The predicted octanol–water partition coefficient (Wildman–Crippen LogP) is 1.37. The van der Waals surface area contributed by atoms with Crippen molar-refractivity contribution in [1.29, 1.82) is 0 Å². The van der Waals surface area contributed by atoms with Crippen LogP contribution in [0.25, 0.3) is 0 Å². The van der Waals surface area contributed by atoms with Gasteiger partial charge in [-0.25, -0.2) is 12.8 Å². The summed E-state index contributed by atoms with van der Waals surface area (Å²) in [5.41, 5.74) is 6.64. The number of carbonyl (C=O) groups is 1. The van der Waals surface area contributed by atoms with Crippen LogP contribution in [0.4, 0.5) is 4.39 Å². The second-order valence-corrected chi connectivity index (χ2v) is 7.99. The number of halogens is 1. The number of benzene rings is 1. The molecule has 0 aliphatic rings. The smallest absolute Gasteiger partial charge is 0.239 e. The van der Waals surface area contributed by atoms with Crippen molar-refractivity contribution in [3.05, 3.63) is 35.6 Å². The van der Waals surface area contributed by atoms with Gasteiger partial charge in [-0.1, -0.05) is 19.1 Å². The van der Waals surface area contributed by atoms with Crippen molar-refractivity contribution >= 4 is 15.7 Å². The molecule has 0 aliphatic carbocycles. The van der Waals surface area contributed by atoms with E-state index >= 15 is 0 Å². The molecule has 1 atom stereocenters. The van der Waals surface area contributed by atoms with Crippen LogP contribution in [0.1, 0.15) is 25.3 Å². The minimum Gasteiger partial charge on any atom is -0.341 e. The Balaban J connectivity index is 2.63. The Kier molecular flexibility index (Phi) is 7.64. The molecule has 0 bridgehead atoms. The largest absolute Gasteiger partial charge is 0.341 e. The number of nitrogens with two attached hydrogens (primary N) is 1. The summed E-state index contributed by atoms with van der Waals surface area (Å²) in [6.07, 6.45) is 2.53. The number of carbonyl (C=O) groups excluding carboxylic acids is 1. The van der Waals surface area contributed by atoms with E-state index in [2.05, 4.69) is 0 Å². The molecule has 0 saturated carbocycles. The molecule has 0 aromatic heterocycles. The second-order valence-electron chi connectivity index (χ2n) is 5.73. The van der Waals surface area contributed by atoms with Crippen molar-refractivity contribution in [2.45, 2.75) is 32.2 Å². The third kappa shape index (κ3) is 7.56. The van der Waals surface area contributed by atoms with Gasteiger partial charge in [0.2, 0.25) is 5.91 Å². The van der Waals surface area contributed by atoms with Crippen molar-refractivity contribution in [3.63, 3.8) is 0 Å². The molecule has 1 rings (SSSR count). The minimum atomic E-state index is -3.14. The molecule has 0 radical (unpaired) electrons. The van der Waals surface area contributed by atoms with Crippen molar-refractivity contribution in [1.82, 2.24) is 4.90 Å². The normalized spacial score (nSPS) is 12.9. The van der Waals surface area contributed by atoms with Crippen molar-refractivity contribution < 1.29 is 17.6 Å². The van der Waals surface area contributed by atoms with Gasteiger partial charge in [0.25, 0.3) is 0 Å². The van der Waals surface area contributed by atoms with Gasteiger partial charge in [0.05, 0.1) is 11.8 Å². The van der Waals surface area contributed by atoms with Gasteiger partial charge in [-0.15, -0.1) is 0 Å². The first-order chi connectivity index (χ1) is 10.7. The summed E-state index contributed by atoms with van der Waals surface area (Å²) in [5, 5.41) is 0. The van der Waals surface area contributed by atoms with Crippen molar-refractivity contribution in [3.8, 4) is 0 Å². The predicted molar refractivity (Wildman–Crippen MR) is 89.3 cm³/mol. The highest BCUT2D eigenvalue weighted by molar-refractivity contribution is 7.90. The Bertz CT molecular complexity index is 620. The van der Waals surface area contributed by atoms with Crippen LogP contribution in [0.2, 0.25) is 0 Å². The van der Waals surface area contributed by atoms with Crippen LogP contribution in [0.5, 0.6) is 0 Å². The van der Waals surface area contributed by atoms with Crippen LogP contribution >= 0.6 is 0 Å². The number of sulfone groups is 1. The topological polar surface area (TPSA) is 80.5 Å². The van der Waals surface area contributed by atoms with Gasteiger partial charge in [-0.05, 0) is 37.0 Å². The van der Waals surface area contributed by atoms with E-state index in [1.165, 1.54) is 12.1 Å². The molecule has 1 unspecified atom stereocenters. The molecule has 1 amide bonds. The Hall–Kier alpha value is -1.47. The first-order valence-corrected chi connectivity index (χ1v) is 9.75. The minimum absolute atomic E-state index is 0.107. The lowest BCUT2D eigenvalue weighted by atomic mass is 10.1. The number of hydrogen-bond donors (Lipinski definition) is 1. The Morgan fingerprint density at radius 1 is 1.35 bits per heavy atom. The number of hydrogen-bond acceptors (Lipinski definition) is 4. The van der Waals surface area contributed by atoms with Crippen LogP contribution in [0, 0.1) is 5.82 Å². The van der Waals surface area contributed by atoms with Crippen molar-refractivity contribution in [2.75, 3.05) is 25.1 Å². The van der Waals surface area contributed by atoms with Crippen LogP contribution < -0.4 is 5.73 Å². The molecule has 0 aliphatic heterocycles. The molecule has 0 fully saturated rings. The molecular formula is C16H25FN2O3S. The zero-order chi connectivity index (χ0) is 17.5. The highest BCUT2D eigenvalue weighted by atomic mass is 32.2. The Labute approximate surface area is 137 Å². The first kappa shape index (κ1) is 19.6. The number of amides is 1.